The molecule has 1 aliphatic rings. The number of carboxylic acids is 1. The zero-order valence-corrected chi connectivity index (χ0v) is 13.9. The number of alkyl halides is 2. The van der Waals surface area contributed by atoms with Crippen LogP contribution in [0.5, 0.6) is 5.75 Å². The van der Waals surface area contributed by atoms with Crippen LogP contribution in [0, 0.1) is 11.8 Å². The molecule has 0 heterocycles. The van der Waals surface area contributed by atoms with Crippen LogP contribution in [0.25, 0.3) is 0 Å². The van der Waals surface area contributed by atoms with Gasteiger partial charge < -0.3 is 15.2 Å². The first-order valence-corrected chi connectivity index (χ1v) is 7.96. The van der Waals surface area contributed by atoms with Gasteiger partial charge in [0, 0.05) is 23.0 Å². The molecular weight excluding hydrogens is 367 g/mol. The average molecular weight is 382 g/mol. The molecule has 1 saturated carbocycles. The van der Waals surface area contributed by atoms with Crippen LogP contribution in [-0.4, -0.2) is 23.6 Å². The van der Waals surface area contributed by atoms with Gasteiger partial charge in [0.25, 0.3) is 0 Å². The van der Waals surface area contributed by atoms with Gasteiger partial charge in [0.05, 0.1) is 10.9 Å². The lowest BCUT2D eigenvalue weighted by Crippen LogP contribution is -2.29. The van der Waals surface area contributed by atoms with Gasteiger partial charge in [0.15, 0.2) is 0 Å². The number of carbonyl (C=O) groups excluding carboxylic acids is 1. The van der Waals surface area contributed by atoms with Gasteiger partial charge in [-0.3, -0.25) is 9.59 Å². The summed E-state index contributed by atoms with van der Waals surface area (Å²) in [6.07, 6.45) is 1.17. The molecule has 0 bridgehead atoms. The Hall–Kier alpha value is -1.60. The van der Waals surface area contributed by atoms with Crippen LogP contribution >= 0.6 is 23.2 Å². The Bertz CT molecular complexity index is 642. The summed E-state index contributed by atoms with van der Waals surface area (Å²) in [7, 11) is 0. The van der Waals surface area contributed by atoms with Crippen LogP contribution in [0.4, 0.5) is 8.78 Å². The minimum atomic E-state index is -3.07. The third-order valence-electron chi connectivity index (χ3n) is 3.90. The first-order chi connectivity index (χ1) is 11.3. The maximum Gasteiger partial charge on any atom is 0.387 e. The summed E-state index contributed by atoms with van der Waals surface area (Å²) in [6.45, 7) is -3.17. The zero-order valence-electron chi connectivity index (χ0n) is 12.4. The molecule has 132 valence electrons. The van der Waals surface area contributed by atoms with Crippen molar-refractivity contribution in [2.45, 2.75) is 32.4 Å². The number of hydrogen-bond donors (Lipinski definition) is 2. The molecule has 1 amide bonds. The molecule has 0 radical (unpaired) electrons. The van der Waals surface area contributed by atoms with Gasteiger partial charge in [0.1, 0.15) is 5.75 Å². The molecule has 2 atom stereocenters. The third kappa shape index (κ3) is 4.70. The van der Waals surface area contributed by atoms with E-state index in [1.165, 1.54) is 12.1 Å². The van der Waals surface area contributed by atoms with E-state index in [1.807, 2.05) is 0 Å². The van der Waals surface area contributed by atoms with Gasteiger partial charge in [-0.2, -0.15) is 8.78 Å². The van der Waals surface area contributed by atoms with E-state index in [0.29, 0.717) is 12.8 Å². The largest absolute Gasteiger partial charge is 0.481 e. The maximum atomic E-state index is 12.5. The van der Waals surface area contributed by atoms with E-state index in [-0.39, 0.29) is 40.2 Å². The van der Waals surface area contributed by atoms with E-state index in [9.17, 15) is 18.4 Å². The van der Waals surface area contributed by atoms with Crippen LogP contribution < -0.4 is 10.1 Å². The Morgan fingerprint density at radius 3 is 2.54 bits per heavy atom. The van der Waals surface area contributed by atoms with Gasteiger partial charge >= 0.3 is 12.6 Å². The second-order valence-corrected chi connectivity index (χ2v) is 6.36. The second kappa shape index (κ2) is 7.98. The Morgan fingerprint density at radius 1 is 1.29 bits per heavy atom. The number of hydrogen-bond acceptors (Lipinski definition) is 3. The van der Waals surface area contributed by atoms with E-state index >= 15 is 0 Å². The van der Waals surface area contributed by atoms with Crippen LogP contribution in [0.1, 0.15) is 24.8 Å². The summed E-state index contributed by atoms with van der Waals surface area (Å²) in [4.78, 5) is 23.1. The minimum Gasteiger partial charge on any atom is -0.481 e. The van der Waals surface area contributed by atoms with E-state index < -0.39 is 24.4 Å². The molecule has 9 heteroatoms. The molecule has 0 spiro atoms. The van der Waals surface area contributed by atoms with Gasteiger partial charge in [0.2, 0.25) is 5.91 Å². The molecule has 2 rings (SSSR count). The van der Waals surface area contributed by atoms with Gasteiger partial charge in [-0.25, -0.2) is 0 Å². The predicted octanol–water partition coefficient (Wildman–Crippen LogP) is 3.71. The number of benzene rings is 1. The molecule has 0 saturated heterocycles. The lowest BCUT2D eigenvalue weighted by molar-refractivity contribution is -0.141. The number of carbonyl (C=O) groups is 2. The van der Waals surface area contributed by atoms with Crippen molar-refractivity contribution in [1.29, 1.82) is 0 Å². The standard InChI is InChI=1S/C15H15Cl2F2NO4/c16-10-4-9(12(11(17)5-10)24-15(18)19)6-20-13(21)7-1-2-8(3-7)14(22)23/h4-5,7-8,15H,1-3,6H2,(H,20,21)(H,22,23)/t7-,8+/m0/s1. The lowest BCUT2D eigenvalue weighted by atomic mass is 10.0. The normalized spacial score (nSPS) is 20.2. The molecule has 0 unspecified atom stereocenters. The van der Waals surface area contributed by atoms with Crippen molar-refractivity contribution in [3.8, 4) is 5.75 Å². The molecule has 1 aromatic carbocycles. The smallest absolute Gasteiger partial charge is 0.387 e. The third-order valence-corrected chi connectivity index (χ3v) is 4.40. The van der Waals surface area contributed by atoms with E-state index in [0.717, 1.165) is 0 Å². The van der Waals surface area contributed by atoms with Crippen LogP contribution in [0.2, 0.25) is 10.0 Å². The first kappa shape index (κ1) is 18.7. The Balaban J connectivity index is 2.03. The van der Waals surface area contributed by atoms with Gasteiger partial charge in [-0.15, -0.1) is 0 Å². The Morgan fingerprint density at radius 2 is 1.96 bits per heavy atom. The van der Waals surface area contributed by atoms with Crippen molar-refractivity contribution >= 4 is 35.1 Å². The quantitative estimate of drug-likeness (QED) is 0.787. The fraction of sp³-hybridized carbons (Fsp3) is 0.467. The molecule has 1 fully saturated rings. The zero-order chi connectivity index (χ0) is 17.9. The average Bonchev–Trinajstić information content (AvgIpc) is 2.97. The van der Waals surface area contributed by atoms with Crippen molar-refractivity contribution in [3.05, 3.63) is 27.7 Å². The number of carboxylic acid groups (broad SMARTS) is 1. The van der Waals surface area contributed by atoms with Crippen molar-refractivity contribution in [1.82, 2.24) is 5.32 Å². The summed E-state index contributed by atoms with van der Waals surface area (Å²) in [5.74, 6) is -2.44. The number of amides is 1. The highest BCUT2D eigenvalue weighted by atomic mass is 35.5. The SMILES string of the molecule is O=C(O)[C@@H]1CC[C@H](C(=O)NCc2cc(Cl)cc(Cl)c2OC(F)F)C1. The summed E-state index contributed by atoms with van der Waals surface area (Å²) in [5, 5.41) is 11.7. The molecule has 24 heavy (non-hydrogen) atoms. The highest BCUT2D eigenvalue weighted by Gasteiger charge is 2.33. The van der Waals surface area contributed by atoms with Gasteiger partial charge in [-0.05, 0) is 31.4 Å². The summed E-state index contributed by atoms with van der Waals surface area (Å²) in [5.41, 5.74) is 0.217. The van der Waals surface area contributed by atoms with Gasteiger partial charge in [-0.1, -0.05) is 23.2 Å². The van der Waals surface area contributed by atoms with Crippen LogP contribution in [-0.2, 0) is 16.1 Å². The summed E-state index contributed by atoms with van der Waals surface area (Å²) >= 11 is 11.7. The molecule has 0 aliphatic heterocycles. The number of rotatable bonds is 6. The highest BCUT2D eigenvalue weighted by Crippen LogP contribution is 2.34. The first-order valence-electron chi connectivity index (χ1n) is 7.21. The number of nitrogens with one attached hydrogen (secondary N) is 1. The number of halogens is 4. The Kier molecular flexibility index (Phi) is 6.23. The van der Waals surface area contributed by atoms with Crippen molar-refractivity contribution in [2.75, 3.05) is 0 Å². The summed E-state index contributed by atoms with van der Waals surface area (Å²) < 4.78 is 29.4. The predicted molar refractivity (Wildman–Crippen MR) is 83.4 cm³/mol. The molecule has 1 aliphatic carbocycles. The van der Waals surface area contributed by atoms with Crippen molar-refractivity contribution in [3.63, 3.8) is 0 Å². The van der Waals surface area contributed by atoms with Crippen molar-refractivity contribution in [2.24, 2.45) is 11.8 Å². The Labute approximate surface area is 146 Å². The van der Waals surface area contributed by atoms with Crippen LogP contribution in [0.3, 0.4) is 0 Å². The molecule has 0 aromatic heterocycles. The maximum absolute atomic E-state index is 12.5. The van der Waals surface area contributed by atoms with E-state index in [2.05, 4.69) is 10.1 Å². The fourth-order valence-electron chi connectivity index (χ4n) is 2.74. The molecular formula is C15H15Cl2F2NO4. The van der Waals surface area contributed by atoms with E-state index in [4.69, 9.17) is 28.3 Å². The number of aliphatic carboxylic acids is 1. The molecule has 2 N–H and O–H groups in total. The highest BCUT2D eigenvalue weighted by molar-refractivity contribution is 6.35. The fourth-order valence-corrected chi connectivity index (χ4v) is 3.32. The minimum absolute atomic E-state index is 0.0844. The van der Waals surface area contributed by atoms with E-state index in [1.54, 1.807) is 0 Å². The topological polar surface area (TPSA) is 75.6 Å². The molecule has 1 aromatic rings. The molecule has 5 nitrogen and oxygen atoms in total. The number of ether oxygens (including phenoxy) is 1. The second-order valence-electron chi connectivity index (χ2n) is 5.52. The summed E-state index contributed by atoms with van der Waals surface area (Å²) in [6, 6.07) is 2.64. The lowest BCUT2D eigenvalue weighted by Gasteiger charge is -2.15. The monoisotopic (exact) mass is 381 g/mol. The van der Waals surface area contributed by atoms with Crippen molar-refractivity contribution < 1.29 is 28.2 Å². The van der Waals surface area contributed by atoms with Crippen LogP contribution in [0.15, 0.2) is 12.1 Å².